The first-order valence-electron chi connectivity index (χ1n) is 5.11. The molecule has 3 N–H and O–H groups in total. The highest BCUT2D eigenvalue weighted by Crippen LogP contribution is 2.28. The number of nitrogen functional groups attached to an aromatic ring is 1. The van der Waals surface area contributed by atoms with E-state index in [9.17, 15) is 0 Å². The van der Waals surface area contributed by atoms with Gasteiger partial charge in [0, 0.05) is 17.0 Å². The maximum absolute atomic E-state index is 9.00. The predicted molar refractivity (Wildman–Crippen MR) is 65.5 cm³/mol. The maximum atomic E-state index is 9.00. The molecule has 0 saturated heterocycles. The summed E-state index contributed by atoms with van der Waals surface area (Å²) in [7, 11) is 0. The van der Waals surface area contributed by atoms with Crippen molar-refractivity contribution in [3.05, 3.63) is 29.6 Å². The Kier molecular flexibility index (Phi) is 3.30. The zero-order chi connectivity index (χ0) is 12.3. The number of nitrogens with zero attached hydrogens (tertiary/aromatic N) is 3. The zero-order valence-electron chi connectivity index (χ0n) is 9.27. The Balaban J connectivity index is 2.27. The second-order valence-corrected chi connectivity index (χ2v) is 4.40. The van der Waals surface area contributed by atoms with Gasteiger partial charge in [0.05, 0.1) is 5.56 Å². The van der Waals surface area contributed by atoms with Crippen LogP contribution in [0.1, 0.15) is 18.3 Å². The molecule has 2 rings (SSSR count). The minimum absolute atomic E-state index is 0.540. The number of nitrogens with one attached hydrogen (secondary N) is 1. The summed E-state index contributed by atoms with van der Waals surface area (Å²) in [4.78, 5) is 5.09. The number of rotatable bonds is 3. The van der Waals surface area contributed by atoms with E-state index in [0.717, 1.165) is 17.1 Å². The Morgan fingerprint density at radius 1 is 1.53 bits per heavy atom. The van der Waals surface area contributed by atoms with Crippen molar-refractivity contribution in [1.29, 1.82) is 5.26 Å². The van der Waals surface area contributed by atoms with E-state index in [-0.39, 0.29) is 0 Å². The average molecular weight is 245 g/mol. The van der Waals surface area contributed by atoms with Gasteiger partial charge in [-0.2, -0.15) is 5.26 Å². The van der Waals surface area contributed by atoms with Crippen molar-refractivity contribution in [2.75, 3.05) is 5.73 Å². The summed E-state index contributed by atoms with van der Waals surface area (Å²) >= 11 is 1.35. The molecule has 0 aliphatic heterocycles. The monoisotopic (exact) mass is 245 g/mol. The fraction of sp³-hybridized carbons (Fsp3) is 0.182. The third-order valence-electron chi connectivity index (χ3n) is 2.17. The fourth-order valence-corrected chi connectivity index (χ4v) is 2.10. The quantitative estimate of drug-likeness (QED) is 0.807. The number of aromatic nitrogens is 3. The van der Waals surface area contributed by atoms with Crippen LogP contribution < -0.4 is 5.73 Å². The Bertz CT molecular complexity index is 569. The summed E-state index contributed by atoms with van der Waals surface area (Å²) in [5.74, 6) is 0.835. The van der Waals surface area contributed by atoms with Gasteiger partial charge in [-0.15, -0.1) is 5.10 Å². The van der Waals surface area contributed by atoms with Gasteiger partial charge in [-0.05, 0) is 30.0 Å². The zero-order valence-corrected chi connectivity index (χ0v) is 10.1. The lowest BCUT2D eigenvalue weighted by molar-refractivity contribution is 0.941. The van der Waals surface area contributed by atoms with E-state index in [1.54, 1.807) is 18.2 Å². The number of nitrogens with two attached hydrogens (primary N) is 1. The van der Waals surface area contributed by atoms with Crippen LogP contribution >= 0.6 is 11.8 Å². The Labute approximate surface area is 103 Å². The summed E-state index contributed by atoms with van der Waals surface area (Å²) in [6.07, 6.45) is 0.806. The number of aryl methyl sites for hydroxylation is 1. The third-order valence-corrected chi connectivity index (χ3v) is 3.11. The van der Waals surface area contributed by atoms with Crippen LogP contribution in [0.25, 0.3) is 0 Å². The van der Waals surface area contributed by atoms with Crippen LogP contribution in [0.5, 0.6) is 0 Å². The van der Waals surface area contributed by atoms with Crippen LogP contribution in [0.4, 0.5) is 5.69 Å². The lowest BCUT2D eigenvalue weighted by Gasteiger charge is -2.01. The highest BCUT2D eigenvalue weighted by Gasteiger charge is 2.08. The number of nitriles is 1. The summed E-state index contributed by atoms with van der Waals surface area (Å²) in [6, 6.07) is 7.33. The number of H-pyrrole nitrogens is 1. The van der Waals surface area contributed by atoms with E-state index >= 15 is 0 Å². The van der Waals surface area contributed by atoms with Crippen LogP contribution in [-0.2, 0) is 6.42 Å². The van der Waals surface area contributed by atoms with Crippen molar-refractivity contribution in [2.24, 2.45) is 0 Å². The van der Waals surface area contributed by atoms with E-state index in [4.69, 9.17) is 11.0 Å². The fourth-order valence-electron chi connectivity index (χ4n) is 1.30. The van der Waals surface area contributed by atoms with Crippen molar-refractivity contribution in [3.8, 4) is 6.07 Å². The lowest BCUT2D eigenvalue weighted by Crippen LogP contribution is -1.88. The Hall–Kier alpha value is -2.00. The molecule has 2 aromatic rings. The molecule has 86 valence electrons. The van der Waals surface area contributed by atoms with Crippen molar-refractivity contribution < 1.29 is 0 Å². The summed E-state index contributed by atoms with van der Waals surface area (Å²) in [5.41, 5.74) is 6.74. The topological polar surface area (TPSA) is 91.4 Å². The second kappa shape index (κ2) is 4.89. The number of hydrogen-bond acceptors (Lipinski definition) is 5. The van der Waals surface area contributed by atoms with Gasteiger partial charge in [0.25, 0.3) is 0 Å². The van der Waals surface area contributed by atoms with Crippen LogP contribution in [0.2, 0.25) is 0 Å². The first kappa shape index (κ1) is 11.5. The van der Waals surface area contributed by atoms with Gasteiger partial charge < -0.3 is 5.73 Å². The average Bonchev–Trinajstić information content (AvgIpc) is 2.79. The number of hydrogen-bond donors (Lipinski definition) is 2. The number of anilines is 1. The highest BCUT2D eigenvalue weighted by molar-refractivity contribution is 7.99. The Morgan fingerprint density at radius 3 is 3.00 bits per heavy atom. The molecule has 0 aliphatic rings. The Morgan fingerprint density at radius 2 is 2.35 bits per heavy atom. The minimum atomic E-state index is 0.540. The van der Waals surface area contributed by atoms with E-state index in [0.29, 0.717) is 16.4 Å². The standard InChI is InChI=1S/C11H11N5S/c1-2-10-14-11(16-15-10)17-9-4-3-8(13)5-7(9)6-12/h3-5H,2,13H2,1H3,(H,14,15,16). The first-order valence-corrected chi connectivity index (χ1v) is 5.93. The van der Waals surface area contributed by atoms with Gasteiger partial charge in [-0.25, -0.2) is 4.98 Å². The van der Waals surface area contributed by atoms with E-state index in [1.807, 2.05) is 6.92 Å². The molecule has 0 bridgehead atoms. The van der Waals surface area contributed by atoms with E-state index in [2.05, 4.69) is 21.3 Å². The van der Waals surface area contributed by atoms with Crippen molar-refractivity contribution >= 4 is 17.4 Å². The lowest BCUT2D eigenvalue weighted by atomic mass is 10.2. The molecule has 0 radical (unpaired) electrons. The van der Waals surface area contributed by atoms with Crippen LogP contribution in [0.3, 0.4) is 0 Å². The molecule has 6 heteroatoms. The van der Waals surface area contributed by atoms with Gasteiger partial charge in [0.2, 0.25) is 5.16 Å². The molecule has 1 heterocycles. The number of benzene rings is 1. The van der Waals surface area contributed by atoms with E-state index in [1.165, 1.54) is 11.8 Å². The predicted octanol–water partition coefficient (Wildman–Crippen LogP) is 1.97. The minimum Gasteiger partial charge on any atom is -0.399 e. The normalized spacial score (nSPS) is 10.1. The molecule has 0 aliphatic carbocycles. The summed E-state index contributed by atoms with van der Waals surface area (Å²) < 4.78 is 0. The molecule has 0 atom stereocenters. The SMILES string of the molecule is CCc1nc(Sc2ccc(N)cc2C#N)n[nH]1. The molecule has 0 spiro atoms. The largest absolute Gasteiger partial charge is 0.399 e. The van der Waals surface area contributed by atoms with Crippen molar-refractivity contribution in [3.63, 3.8) is 0 Å². The molecule has 0 fully saturated rings. The van der Waals surface area contributed by atoms with Gasteiger partial charge >= 0.3 is 0 Å². The number of aromatic amines is 1. The van der Waals surface area contributed by atoms with Gasteiger partial charge in [-0.3, -0.25) is 5.10 Å². The molecular weight excluding hydrogens is 234 g/mol. The summed E-state index contributed by atoms with van der Waals surface area (Å²) in [5, 5.41) is 16.5. The molecule has 0 saturated carbocycles. The molecule has 17 heavy (non-hydrogen) atoms. The maximum Gasteiger partial charge on any atom is 0.213 e. The highest BCUT2D eigenvalue weighted by atomic mass is 32.2. The smallest absolute Gasteiger partial charge is 0.213 e. The molecule has 1 aromatic carbocycles. The van der Waals surface area contributed by atoms with Crippen molar-refractivity contribution in [1.82, 2.24) is 15.2 Å². The van der Waals surface area contributed by atoms with Crippen LogP contribution in [0, 0.1) is 11.3 Å². The van der Waals surface area contributed by atoms with Gasteiger partial charge in [0.1, 0.15) is 11.9 Å². The van der Waals surface area contributed by atoms with Crippen LogP contribution in [0.15, 0.2) is 28.3 Å². The van der Waals surface area contributed by atoms with Gasteiger partial charge in [-0.1, -0.05) is 6.92 Å². The van der Waals surface area contributed by atoms with E-state index < -0.39 is 0 Å². The van der Waals surface area contributed by atoms with Crippen LogP contribution in [-0.4, -0.2) is 15.2 Å². The molecular formula is C11H11N5S. The third kappa shape index (κ3) is 2.57. The molecule has 0 unspecified atom stereocenters. The molecule has 5 nitrogen and oxygen atoms in total. The summed E-state index contributed by atoms with van der Waals surface area (Å²) in [6.45, 7) is 2.00. The first-order chi connectivity index (χ1) is 8.22. The molecule has 0 amide bonds. The second-order valence-electron chi connectivity index (χ2n) is 3.39. The molecule has 1 aromatic heterocycles. The van der Waals surface area contributed by atoms with Crippen molar-refractivity contribution in [2.45, 2.75) is 23.4 Å². The van der Waals surface area contributed by atoms with Gasteiger partial charge in [0.15, 0.2) is 0 Å².